The van der Waals surface area contributed by atoms with Gasteiger partial charge in [0.15, 0.2) is 29.2 Å². The van der Waals surface area contributed by atoms with E-state index in [9.17, 15) is 30.3 Å². The number of β-amino-alcohol motifs (C(OH)–C–C–N with tert-alkyl or cyclic N) is 1. The summed E-state index contributed by atoms with van der Waals surface area (Å²) in [5.74, 6) is 12.3. The molecule has 87 heavy (non-hydrogen) atoms. The van der Waals surface area contributed by atoms with E-state index in [1.54, 1.807) is 12.1 Å². The molecule has 6 aromatic rings. The Balaban J connectivity index is 1.01. The van der Waals surface area contributed by atoms with Crippen LogP contribution >= 0.6 is 0 Å². The van der Waals surface area contributed by atoms with Gasteiger partial charge in [-0.3, -0.25) is 9.59 Å². The zero-order valence-corrected chi connectivity index (χ0v) is 50.3. The average molecular weight is 1170 g/mol. The number of Topliss-reactive ketones (excluding diaryl/α,β-unsaturated/α-hetero) is 2. The summed E-state index contributed by atoms with van der Waals surface area (Å²) in [5.41, 5.74) is 8.50. The topological polar surface area (TPSA) is 196 Å². The van der Waals surface area contributed by atoms with Gasteiger partial charge in [-0.05, 0) is 174 Å². The minimum absolute atomic E-state index is 0.0435. The van der Waals surface area contributed by atoms with Crippen molar-refractivity contribution in [3.05, 3.63) is 178 Å². The van der Waals surface area contributed by atoms with Crippen molar-refractivity contribution in [2.75, 3.05) is 32.1 Å². The van der Waals surface area contributed by atoms with E-state index in [-0.39, 0.29) is 66.1 Å². The molecular weight excluding hydrogens is 1080 g/mol. The van der Waals surface area contributed by atoms with Gasteiger partial charge >= 0.3 is 0 Å². The number of anilines is 1. The van der Waals surface area contributed by atoms with E-state index in [1.807, 2.05) is 66.7 Å². The highest BCUT2D eigenvalue weighted by atomic mass is 16.5. The Labute approximate surface area is 512 Å². The van der Waals surface area contributed by atoms with Crippen LogP contribution in [0, 0.1) is 59.2 Å². The quantitative estimate of drug-likeness (QED) is 0.0602. The van der Waals surface area contributed by atoms with Crippen LogP contribution in [0.3, 0.4) is 0 Å². The van der Waals surface area contributed by atoms with Crippen molar-refractivity contribution in [2.45, 2.75) is 145 Å². The Kier molecular flexibility index (Phi) is 18.1. The number of carbonyl (C=O) groups excluding carboxylic acids is 2. The molecule has 6 aliphatic rings. The number of ether oxygens (including phenoxy) is 1. The number of phenolic OH excluding ortho intramolecular Hbond substituents is 2. The van der Waals surface area contributed by atoms with Crippen LogP contribution in [0.1, 0.15) is 147 Å². The van der Waals surface area contributed by atoms with E-state index in [4.69, 9.17) is 4.74 Å². The van der Waals surface area contributed by atoms with Gasteiger partial charge in [0.2, 0.25) is 0 Å². The fourth-order valence-electron chi connectivity index (χ4n) is 15.7. The monoisotopic (exact) mass is 1170 g/mol. The molecule has 5 aromatic carbocycles. The van der Waals surface area contributed by atoms with Crippen LogP contribution in [0.15, 0.2) is 133 Å². The van der Waals surface area contributed by atoms with Crippen molar-refractivity contribution in [3.63, 3.8) is 0 Å². The van der Waals surface area contributed by atoms with E-state index < -0.39 is 53.0 Å². The second-order valence-corrected chi connectivity index (χ2v) is 26.0. The number of phenols is 2. The van der Waals surface area contributed by atoms with Gasteiger partial charge in [0.25, 0.3) is 0 Å². The number of benzene rings is 5. The number of methoxy groups -OCH3 is 1. The predicted octanol–water partition coefficient (Wildman–Crippen LogP) is 11.6. The van der Waals surface area contributed by atoms with E-state index >= 15 is 4.79 Å². The second kappa shape index (κ2) is 26.4. The van der Waals surface area contributed by atoms with Crippen molar-refractivity contribution < 1.29 is 39.9 Å². The minimum Gasteiger partial charge on any atom is -0.507 e. The van der Waals surface area contributed by atoms with Crippen LogP contribution in [0.5, 0.6) is 17.2 Å². The maximum absolute atomic E-state index is 15.5. The number of aromatic hydroxyl groups is 2. The zero-order valence-electron chi connectivity index (χ0n) is 50.3. The molecule has 1 spiro atoms. The van der Waals surface area contributed by atoms with Gasteiger partial charge in [-0.2, -0.15) is 0 Å². The van der Waals surface area contributed by atoms with Crippen LogP contribution in [-0.2, 0) is 34.3 Å². The summed E-state index contributed by atoms with van der Waals surface area (Å²) < 4.78 is 5.58. The van der Waals surface area contributed by atoms with Crippen molar-refractivity contribution in [1.82, 2.24) is 15.6 Å². The lowest BCUT2D eigenvalue weighted by molar-refractivity contribution is -0.142. The third kappa shape index (κ3) is 12.8. The number of fused-ring (bicyclic) bond motifs is 11. The van der Waals surface area contributed by atoms with E-state index in [0.717, 1.165) is 113 Å². The van der Waals surface area contributed by atoms with Crippen LogP contribution < -0.4 is 20.7 Å². The first-order chi connectivity index (χ1) is 42.3. The molecule has 2 fully saturated rings. The number of aliphatic hydroxyl groups is 3. The van der Waals surface area contributed by atoms with Crippen LogP contribution in [-0.4, -0.2) is 87.1 Å². The number of ketones is 2. The maximum atomic E-state index is 15.5. The number of aryl methyl sites for hydroxylation is 1. The number of hydrogen-bond donors (Lipinski definition) is 9. The number of dihydropyridines is 1. The normalized spacial score (nSPS) is 29.0. The van der Waals surface area contributed by atoms with Gasteiger partial charge in [0, 0.05) is 79.6 Å². The minimum atomic E-state index is -1.87. The summed E-state index contributed by atoms with van der Waals surface area (Å²) in [4.78, 5) is 33.7. The first-order valence-corrected chi connectivity index (χ1v) is 32.0. The SMILES string of the molecule is COc1cc2c(cc1O)[C@H](c1ccccc1)C#C[C@@H]1C[C@@H]3CC4=CCNC(=C4)Nc4cc5c(O)c(ccc5cc4Cc4ccccc4)C[C@@H](O)CNC[C@H](C)c4c[nH]c(c4)[C@]45CCCC[C@H]4C#CCCCC[C@@H]([C@@H](C3)C[C@@H]1C(=O)[C@H](O)C(=O)CC2)[C@@H]5O. The number of carbonyl (C=O) groups is 2. The van der Waals surface area contributed by atoms with Gasteiger partial charge in [0.1, 0.15) is 11.6 Å². The van der Waals surface area contributed by atoms with Gasteiger partial charge in [-0.1, -0.05) is 123 Å². The molecule has 12 nitrogen and oxygen atoms in total. The molecule has 12 heteroatoms. The Bertz CT molecular complexity index is 3680. The van der Waals surface area contributed by atoms with Crippen molar-refractivity contribution in [3.8, 4) is 40.9 Å². The molecule has 2 saturated carbocycles. The highest BCUT2D eigenvalue weighted by molar-refractivity contribution is 6.06. The Morgan fingerprint density at radius 1 is 0.782 bits per heavy atom. The molecule has 9 N–H and O–H groups in total. The lowest BCUT2D eigenvalue weighted by atomic mass is 9.56. The second-order valence-electron chi connectivity index (χ2n) is 26.0. The van der Waals surface area contributed by atoms with Crippen molar-refractivity contribution >= 4 is 28.0 Å². The molecule has 11 bridgehead atoms. The Morgan fingerprint density at radius 3 is 2.43 bits per heavy atom. The molecule has 12 atom stereocenters. The highest BCUT2D eigenvalue weighted by Crippen LogP contribution is 2.53. The molecule has 0 unspecified atom stereocenters. The summed E-state index contributed by atoms with van der Waals surface area (Å²) in [7, 11) is 1.49. The summed E-state index contributed by atoms with van der Waals surface area (Å²) in [6.07, 6.45) is 12.9. The number of nitrogens with one attached hydrogen (secondary N) is 4. The summed E-state index contributed by atoms with van der Waals surface area (Å²) in [5, 5.41) is 73.6. The van der Waals surface area contributed by atoms with Gasteiger partial charge < -0.3 is 51.2 Å². The number of hydrogen-bond acceptors (Lipinski definition) is 11. The largest absolute Gasteiger partial charge is 0.507 e. The van der Waals surface area contributed by atoms with E-state index in [1.165, 1.54) is 7.11 Å². The fourth-order valence-corrected chi connectivity index (χ4v) is 15.7. The summed E-state index contributed by atoms with van der Waals surface area (Å²) in [6, 6.07) is 34.1. The Hall–Kier alpha value is -7.58. The van der Waals surface area contributed by atoms with E-state index in [2.05, 4.69) is 94.2 Å². The molecule has 452 valence electrons. The Morgan fingerprint density at radius 2 is 1.60 bits per heavy atom. The zero-order chi connectivity index (χ0) is 60.2. The standard InChI is InChI=1S/C75H84N4O8/c1-46-43-76-45-59(80)37-54-23-22-52-36-56(32-47-15-7-5-8-16-47)65(41-64(52)71(54)83)79-70-35-48(28-30-77-70)31-49-33-51-24-26-60(50-17-9-6-10-18-50)62-42-67(82)68(87-2)39-53(62)25-27-66(81)73(85)72(84)63(51)38-55(34-49)61-21-12-4-3-11-19-58-20-13-14-29-75(58,74(61)86)69-40-57(46)44-78-69/h5-10,15-18,22-23,28,35-36,39-42,44,46,49,51,55,58-61,63,73-74,76-80,82-83,85-86H,3-4,12-14,20-21,25,27,29-34,37-38,43,45H2,1-2H3/t46-,49-,51+,55-,58+,59+,60-,61-,63-,73+,74-,75-/m0/s1. The molecule has 1 aromatic heterocycles. The molecule has 0 saturated heterocycles. The number of rotatable bonds is 4. The number of H-pyrrole nitrogens is 1. The first kappa shape index (κ1) is 59.7. The van der Waals surface area contributed by atoms with Gasteiger partial charge in [-0.25, -0.2) is 0 Å². The maximum Gasteiger partial charge on any atom is 0.173 e. The number of allylic oxidation sites excluding steroid dienone is 2. The van der Waals surface area contributed by atoms with Gasteiger partial charge in [0.05, 0.1) is 30.7 Å². The van der Waals surface area contributed by atoms with Crippen molar-refractivity contribution in [1.29, 1.82) is 0 Å². The van der Waals surface area contributed by atoms with Crippen LogP contribution in [0.25, 0.3) is 10.8 Å². The smallest absolute Gasteiger partial charge is 0.173 e. The molecule has 0 radical (unpaired) electrons. The predicted molar refractivity (Wildman–Crippen MR) is 341 cm³/mol. The highest BCUT2D eigenvalue weighted by Gasteiger charge is 2.53. The van der Waals surface area contributed by atoms with Gasteiger partial charge in [-0.15, -0.1) is 5.92 Å². The number of aromatic amines is 1. The molecular formula is C75H84N4O8. The molecule has 0 amide bonds. The van der Waals surface area contributed by atoms with Crippen LogP contribution in [0.4, 0.5) is 5.69 Å². The molecule has 3 heterocycles. The van der Waals surface area contributed by atoms with Crippen LogP contribution in [0.2, 0.25) is 0 Å². The molecule has 12 rings (SSSR count). The molecule has 2 aliphatic heterocycles. The fraction of sp³-hybridized carbons (Fsp3) is 0.440. The number of aliphatic hydroxyl groups excluding tert-OH is 3. The summed E-state index contributed by atoms with van der Waals surface area (Å²) >= 11 is 0. The number of aromatic nitrogens is 1. The lowest BCUT2D eigenvalue weighted by Gasteiger charge is -2.49. The summed E-state index contributed by atoms with van der Waals surface area (Å²) in [6.45, 7) is 3.64. The third-order valence-electron chi connectivity index (χ3n) is 20.4. The molecule has 4 aliphatic carbocycles. The lowest BCUT2D eigenvalue weighted by Crippen LogP contribution is -2.53. The first-order valence-electron chi connectivity index (χ1n) is 32.0. The van der Waals surface area contributed by atoms with E-state index in [0.29, 0.717) is 62.7 Å². The third-order valence-corrected chi connectivity index (χ3v) is 20.4. The average Bonchev–Trinajstić information content (AvgIpc) is 1.88. The van der Waals surface area contributed by atoms with Crippen molar-refractivity contribution in [2.24, 2.45) is 35.5 Å².